The zero-order chi connectivity index (χ0) is 14.3. The van der Waals surface area contributed by atoms with E-state index in [9.17, 15) is 8.42 Å². The number of nitrogens with one attached hydrogen (secondary N) is 1. The Kier molecular flexibility index (Phi) is 7.57. The normalized spacial score (nSPS) is 13.6. The molecule has 0 spiro atoms. The summed E-state index contributed by atoms with van der Waals surface area (Å²) in [5, 5.41) is 5.63. The van der Waals surface area contributed by atoms with Crippen molar-refractivity contribution < 1.29 is 8.42 Å². The zero-order valence-corrected chi connectivity index (χ0v) is 14.7. The first-order valence-corrected chi connectivity index (χ1v) is 10.2. The van der Waals surface area contributed by atoms with Crippen molar-refractivity contribution in [3.8, 4) is 0 Å². The summed E-state index contributed by atoms with van der Waals surface area (Å²) in [4.78, 5) is 0. The molecule has 0 bridgehead atoms. The monoisotopic (exact) mass is 367 g/mol. The molecule has 3 nitrogen and oxygen atoms in total. The lowest BCUT2D eigenvalue weighted by Gasteiger charge is -2.17. The Labute approximate surface area is 128 Å². The Bertz CT molecular complexity index is 471. The fourth-order valence-electron chi connectivity index (χ4n) is 1.86. The standard InChI is InChI=1S/C13H22BrNO2S2/c1-3-7-15-12(11-9-13(14)18-10-11)6-5-8-19(16,17)4-2/h9-10,12,15H,3-8H2,1-2H3. The van der Waals surface area contributed by atoms with E-state index >= 15 is 0 Å². The molecule has 19 heavy (non-hydrogen) atoms. The van der Waals surface area contributed by atoms with Crippen LogP contribution in [0, 0.1) is 0 Å². The molecule has 0 radical (unpaired) electrons. The molecule has 0 saturated heterocycles. The molecular formula is C13H22BrNO2S2. The number of thiophene rings is 1. The van der Waals surface area contributed by atoms with Crippen molar-refractivity contribution in [3.05, 3.63) is 20.8 Å². The van der Waals surface area contributed by atoms with Crippen LogP contribution < -0.4 is 5.32 Å². The highest BCUT2D eigenvalue weighted by Gasteiger charge is 2.14. The lowest BCUT2D eigenvalue weighted by Crippen LogP contribution is -2.22. The van der Waals surface area contributed by atoms with Gasteiger partial charge in [0.2, 0.25) is 0 Å². The third kappa shape index (κ3) is 6.38. The minimum Gasteiger partial charge on any atom is -0.310 e. The van der Waals surface area contributed by atoms with Gasteiger partial charge in [-0.25, -0.2) is 8.42 Å². The van der Waals surface area contributed by atoms with Crippen molar-refractivity contribution in [2.45, 2.75) is 39.2 Å². The lowest BCUT2D eigenvalue weighted by molar-refractivity contribution is 0.493. The third-order valence-electron chi connectivity index (χ3n) is 3.02. The van der Waals surface area contributed by atoms with Crippen LogP contribution in [0.4, 0.5) is 0 Å². The molecule has 6 heteroatoms. The average Bonchev–Trinajstić information content (AvgIpc) is 2.80. The van der Waals surface area contributed by atoms with Crippen LogP contribution in [0.2, 0.25) is 0 Å². The van der Waals surface area contributed by atoms with Crippen LogP contribution in [0.15, 0.2) is 15.2 Å². The molecule has 110 valence electrons. The second kappa shape index (κ2) is 8.39. The molecule has 1 heterocycles. The van der Waals surface area contributed by atoms with Crippen molar-refractivity contribution in [2.24, 2.45) is 0 Å². The van der Waals surface area contributed by atoms with Gasteiger partial charge >= 0.3 is 0 Å². The maximum atomic E-state index is 11.5. The SMILES string of the molecule is CCCNC(CCCS(=O)(=O)CC)c1csc(Br)c1. The molecule has 0 amide bonds. The molecule has 1 N–H and O–H groups in total. The largest absolute Gasteiger partial charge is 0.310 e. The van der Waals surface area contributed by atoms with Crippen LogP contribution in [0.5, 0.6) is 0 Å². The minimum absolute atomic E-state index is 0.240. The van der Waals surface area contributed by atoms with Crippen LogP contribution in [-0.4, -0.2) is 26.5 Å². The van der Waals surface area contributed by atoms with E-state index in [2.05, 4.69) is 39.6 Å². The van der Waals surface area contributed by atoms with Gasteiger partial charge in [0.05, 0.1) is 9.54 Å². The first kappa shape index (κ1) is 17.1. The van der Waals surface area contributed by atoms with Crippen LogP contribution in [0.25, 0.3) is 0 Å². The van der Waals surface area contributed by atoms with E-state index in [-0.39, 0.29) is 11.8 Å². The second-order valence-electron chi connectivity index (χ2n) is 4.57. The Morgan fingerprint density at radius 1 is 1.42 bits per heavy atom. The molecule has 1 aromatic rings. The summed E-state index contributed by atoms with van der Waals surface area (Å²) in [5.41, 5.74) is 1.25. The van der Waals surface area contributed by atoms with Crippen molar-refractivity contribution in [1.29, 1.82) is 0 Å². The second-order valence-corrected chi connectivity index (χ2v) is 9.33. The molecule has 1 rings (SSSR count). The average molecular weight is 368 g/mol. The maximum Gasteiger partial charge on any atom is 0.150 e. The highest BCUT2D eigenvalue weighted by molar-refractivity contribution is 9.11. The van der Waals surface area contributed by atoms with Gasteiger partial charge in [-0.15, -0.1) is 11.3 Å². The number of hydrogen-bond acceptors (Lipinski definition) is 4. The quantitative estimate of drug-likeness (QED) is 0.722. The highest BCUT2D eigenvalue weighted by Crippen LogP contribution is 2.27. The first-order chi connectivity index (χ1) is 8.98. The fraction of sp³-hybridized carbons (Fsp3) is 0.692. The zero-order valence-electron chi connectivity index (χ0n) is 11.5. The topological polar surface area (TPSA) is 46.2 Å². The molecule has 0 aliphatic heterocycles. The summed E-state index contributed by atoms with van der Waals surface area (Å²) in [7, 11) is -2.85. The summed E-state index contributed by atoms with van der Waals surface area (Å²) in [6, 6.07) is 2.38. The van der Waals surface area contributed by atoms with Gasteiger partial charge in [0, 0.05) is 11.8 Å². The van der Waals surface area contributed by atoms with Crippen LogP contribution in [0.3, 0.4) is 0 Å². The smallest absolute Gasteiger partial charge is 0.150 e. The molecule has 0 aromatic carbocycles. The summed E-state index contributed by atoms with van der Waals surface area (Å²) in [5.74, 6) is 0.531. The van der Waals surface area contributed by atoms with Crippen LogP contribution in [-0.2, 0) is 9.84 Å². The van der Waals surface area contributed by atoms with Gasteiger partial charge in [-0.1, -0.05) is 13.8 Å². The summed E-state index contributed by atoms with van der Waals surface area (Å²) < 4.78 is 24.1. The number of halogens is 1. The van der Waals surface area contributed by atoms with Gasteiger partial charge in [0.25, 0.3) is 0 Å². The maximum absolute atomic E-state index is 11.5. The van der Waals surface area contributed by atoms with Gasteiger partial charge in [0.1, 0.15) is 9.84 Å². The predicted octanol–water partition coefficient (Wildman–Crippen LogP) is 3.77. The van der Waals surface area contributed by atoms with E-state index in [1.807, 2.05) is 0 Å². The number of sulfone groups is 1. The molecule has 1 atom stereocenters. The lowest BCUT2D eigenvalue weighted by atomic mass is 10.1. The van der Waals surface area contributed by atoms with Gasteiger partial charge in [0.15, 0.2) is 0 Å². The third-order valence-corrected chi connectivity index (χ3v) is 6.33. The van der Waals surface area contributed by atoms with E-state index in [1.165, 1.54) is 5.56 Å². The van der Waals surface area contributed by atoms with Gasteiger partial charge < -0.3 is 5.32 Å². The van der Waals surface area contributed by atoms with Crippen LogP contribution >= 0.6 is 27.3 Å². The first-order valence-electron chi connectivity index (χ1n) is 6.66. The van der Waals surface area contributed by atoms with E-state index in [1.54, 1.807) is 18.3 Å². The van der Waals surface area contributed by atoms with Crippen molar-refractivity contribution in [2.75, 3.05) is 18.1 Å². The fourth-order valence-corrected chi connectivity index (χ4v) is 3.99. The summed E-state index contributed by atoms with van der Waals surface area (Å²) >= 11 is 5.14. The van der Waals surface area contributed by atoms with Gasteiger partial charge in [-0.2, -0.15) is 0 Å². The molecular weight excluding hydrogens is 346 g/mol. The Morgan fingerprint density at radius 2 is 2.16 bits per heavy atom. The van der Waals surface area contributed by atoms with Crippen LogP contribution in [0.1, 0.15) is 44.7 Å². The summed E-state index contributed by atoms with van der Waals surface area (Å²) in [6.07, 6.45) is 2.66. The predicted molar refractivity (Wildman–Crippen MR) is 86.6 cm³/mol. The van der Waals surface area contributed by atoms with Gasteiger partial charge in [-0.05, 0) is 58.7 Å². The Morgan fingerprint density at radius 3 is 2.68 bits per heavy atom. The molecule has 1 unspecified atom stereocenters. The highest BCUT2D eigenvalue weighted by atomic mass is 79.9. The van der Waals surface area contributed by atoms with Gasteiger partial charge in [-0.3, -0.25) is 0 Å². The Hall–Kier alpha value is 0.0900. The molecule has 0 aliphatic carbocycles. The van der Waals surface area contributed by atoms with Crippen molar-refractivity contribution in [3.63, 3.8) is 0 Å². The minimum atomic E-state index is -2.85. The number of rotatable bonds is 9. The molecule has 0 fully saturated rings. The summed E-state index contributed by atoms with van der Waals surface area (Å²) in [6.45, 7) is 4.80. The molecule has 1 aromatic heterocycles. The van der Waals surface area contributed by atoms with E-state index in [4.69, 9.17) is 0 Å². The van der Waals surface area contributed by atoms with E-state index < -0.39 is 9.84 Å². The number of hydrogen-bond donors (Lipinski definition) is 1. The molecule has 0 saturated carbocycles. The van der Waals surface area contributed by atoms with Crippen molar-refractivity contribution >= 4 is 37.1 Å². The Balaban J connectivity index is 2.55. The van der Waals surface area contributed by atoms with E-state index in [0.717, 1.165) is 23.2 Å². The van der Waals surface area contributed by atoms with Crippen molar-refractivity contribution in [1.82, 2.24) is 5.32 Å². The molecule has 0 aliphatic rings. The van der Waals surface area contributed by atoms with E-state index in [0.29, 0.717) is 12.2 Å².